The Balaban J connectivity index is 2.24. The molecule has 0 spiro atoms. The van der Waals surface area contributed by atoms with Gasteiger partial charge in [0.1, 0.15) is 6.04 Å². The highest BCUT2D eigenvalue weighted by Gasteiger charge is 2.40. The van der Waals surface area contributed by atoms with Crippen LogP contribution in [-0.4, -0.2) is 35.8 Å². The van der Waals surface area contributed by atoms with Crippen molar-refractivity contribution in [1.29, 1.82) is 0 Å². The first-order valence-electron chi connectivity index (χ1n) is 3.36. The van der Waals surface area contributed by atoms with E-state index in [-0.39, 0.29) is 17.9 Å². The van der Waals surface area contributed by atoms with Crippen molar-refractivity contribution < 1.29 is 9.59 Å². The number of rotatable bonds is 0. The molecule has 2 heterocycles. The Morgan fingerprint density at radius 2 is 2.30 bits per heavy atom. The fourth-order valence-electron chi connectivity index (χ4n) is 1.48. The molecule has 2 amide bonds. The second kappa shape index (κ2) is 1.71. The van der Waals surface area contributed by atoms with E-state index in [4.69, 9.17) is 0 Å². The minimum absolute atomic E-state index is 0.0872. The van der Waals surface area contributed by atoms with Gasteiger partial charge in [-0.2, -0.15) is 0 Å². The number of nitrogens with one attached hydrogen (secondary N) is 1. The summed E-state index contributed by atoms with van der Waals surface area (Å²) in [5, 5.41) is 2.62. The van der Waals surface area contributed by atoms with Crippen LogP contribution in [-0.2, 0) is 4.79 Å². The summed E-state index contributed by atoms with van der Waals surface area (Å²) < 4.78 is 0. The van der Waals surface area contributed by atoms with Crippen molar-refractivity contribution in [2.75, 3.05) is 13.1 Å². The minimum Gasteiger partial charge on any atom is -0.335 e. The zero-order valence-electron chi connectivity index (χ0n) is 5.46. The van der Waals surface area contributed by atoms with Gasteiger partial charge in [0, 0.05) is 19.5 Å². The SMILES string of the molecule is O=C1CCN2C(=O)NCC12. The van der Waals surface area contributed by atoms with Crippen LogP contribution in [0.3, 0.4) is 0 Å². The molecule has 54 valence electrons. The molecule has 2 aliphatic rings. The van der Waals surface area contributed by atoms with Gasteiger partial charge in [-0.1, -0.05) is 0 Å². The fourth-order valence-corrected chi connectivity index (χ4v) is 1.48. The maximum atomic E-state index is 11.0. The van der Waals surface area contributed by atoms with Crippen molar-refractivity contribution in [3.05, 3.63) is 0 Å². The van der Waals surface area contributed by atoms with E-state index in [0.717, 1.165) is 0 Å². The second-order valence-electron chi connectivity index (χ2n) is 2.61. The average Bonchev–Trinajstić information content (AvgIpc) is 2.41. The maximum absolute atomic E-state index is 11.0. The molecule has 4 heteroatoms. The maximum Gasteiger partial charge on any atom is 0.318 e. The molecule has 4 nitrogen and oxygen atoms in total. The predicted octanol–water partition coefficient (Wildman–Crippen LogP) is -0.647. The third-order valence-corrected chi connectivity index (χ3v) is 2.05. The van der Waals surface area contributed by atoms with Crippen molar-refractivity contribution in [1.82, 2.24) is 10.2 Å². The van der Waals surface area contributed by atoms with Gasteiger partial charge < -0.3 is 10.2 Å². The minimum atomic E-state index is -0.146. The molecule has 2 fully saturated rings. The van der Waals surface area contributed by atoms with Crippen LogP contribution < -0.4 is 5.32 Å². The molecule has 0 aliphatic carbocycles. The summed E-state index contributed by atoms with van der Waals surface area (Å²) in [6, 6.07) is -0.233. The van der Waals surface area contributed by atoms with E-state index in [1.165, 1.54) is 0 Å². The molecule has 2 rings (SSSR count). The van der Waals surface area contributed by atoms with Gasteiger partial charge in [0.05, 0.1) is 0 Å². The topological polar surface area (TPSA) is 49.4 Å². The van der Waals surface area contributed by atoms with Gasteiger partial charge in [0.15, 0.2) is 5.78 Å². The van der Waals surface area contributed by atoms with E-state index in [1.807, 2.05) is 0 Å². The monoisotopic (exact) mass is 140 g/mol. The lowest BCUT2D eigenvalue weighted by atomic mass is 10.2. The Morgan fingerprint density at radius 1 is 1.50 bits per heavy atom. The van der Waals surface area contributed by atoms with E-state index in [2.05, 4.69) is 5.32 Å². The molecule has 1 unspecified atom stereocenters. The number of carbonyl (C=O) groups is 2. The van der Waals surface area contributed by atoms with Gasteiger partial charge in [0.2, 0.25) is 0 Å². The van der Waals surface area contributed by atoms with E-state index < -0.39 is 0 Å². The van der Waals surface area contributed by atoms with E-state index in [0.29, 0.717) is 19.5 Å². The first kappa shape index (κ1) is 5.70. The summed E-state index contributed by atoms with van der Waals surface area (Å²) in [4.78, 5) is 23.4. The molecule has 2 saturated heterocycles. The number of hydrogen-bond donors (Lipinski definition) is 1. The highest BCUT2D eigenvalue weighted by atomic mass is 16.2. The van der Waals surface area contributed by atoms with Crippen LogP contribution in [0.25, 0.3) is 0 Å². The lowest BCUT2D eigenvalue weighted by Crippen LogP contribution is -2.30. The number of Topliss-reactive ketones (excluding diaryl/α,β-unsaturated/α-hetero) is 1. The number of amides is 2. The number of fused-ring (bicyclic) bond motifs is 1. The lowest BCUT2D eigenvalue weighted by Gasteiger charge is -2.09. The Labute approximate surface area is 58.2 Å². The Morgan fingerprint density at radius 3 is 3.00 bits per heavy atom. The van der Waals surface area contributed by atoms with Gasteiger partial charge in [0.25, 0.3) is 0 Å². The van der Waals surface area contributed by atoms with Crippen LogP contribution in [0.1, 0.15) is 6.42 Å². The summed E-state index contributed by atoms with van der Waals surface area (Å²) in [5.41, 5.74) is 0. The molecule has 1 N–H and O–H groups in total. The summed E-state index contributed by atoms with van der Waals surface area (Å²) in [7, 11) is 0. The standard InChI is InChI=1S/C6H8N2O2/c9-5-1-2-8-4(5)3-7-6(8)10/h4H,1-3H2,(H,7,10). The molecule has 0 aromatic carbocycles. The highest BCUT2D eigenvalue weighted by molar-refractivity contribution is 5.94. The third kappa shape index (κ3) is 0.558. The van der Waals surface area contributed by atoms with E-state index in [1.54, 1.807) is 4.90 Å². The quantitative estimate of drug-likeness (QED) is 0.486. The molecular formula is C6H8N2O2. The Bertz CT molecular complexity index is 180. The van der Waals surface area contributed by atoms with Crippen molar-refractivity contribution >= 4 is 11.8 Å². The van der Waals surface area contributed by atoms with Gasteiger partial charge in [-0.3, -0.25) is 4.79 Å². The molecule has 0 aromatic rings. The van der Waals surface area contributed by atoms with Crippen LogP contribution in [0.2, 0.25) is 0 Å². The summed E-state index contributed by atoms with van der Waals surface area (Å²) >= 11 is 0. The van der Waals surface area contributed by atoms with Crippen molar-refractivity contribution in [2.45, 2.75) is 12.5 Å². The zero-order chi connectivity index (χ0) is 7.14. The first-order valence-corrected chi connectivity index (χ1v) is 3.36. The molecule has 0 bridgehead atoms. The summed E-state index contributed by atoms with van der Waals surface area (Å²) in [6.45, 7) is 1.12. The van der Waals surface area contributed by atoms with E-state index in [9.17, 15) is 9.59 Å². The number of nitrogens with zero attached hydrogens (tertiary/aromatic N) is 1. The van der Waals surface area contributed by atoms with Crippen LogP contribution in [0.5, 0.6) is 0 Å². The van der Waals surface area contributed by atoms with Gasteiger partial charge in [-0.25, -0.2) is 4.79 Å². The van der Waals surface area contributed by atoms with Crippen LogP contribution in [0.15, 0.2) is 0 Å². The van der Waals surface area contributed by atoms with Gasteiger partial charge >= 0.3 is 6.03 Å². The second-order valence-corrected chi connectivity index (χ2v) is 2.61. The molecule has 2 aliphatic heterocycles. The summed E-state index contributed by atoms with van der Waals surface area (Å²) in [5.74, 6) is 0.193. The van der Waals surface area contributed by atoms with Crippen molar-refractivity contribution in [2.24, 2.45) is 0 Å². The predicted molar refractivity (Wildman–Crippen MR) is 33.5 cm³/mol. The average molecular weight is 140 g/mol. The smallest absolute Gasteiger partial charge is 0.318 e. The number of carbonyl (C=O) groups excluding carboxylic acids is 2. The number of urea groups is 1. The number of ketones is 1. The highest BCUT2D eigenvalue weighted by Crippen LogP contribution is 2.16. The largest absolute Gasteiger partial charge is 0.335 e. The van der Waals surface area contributed by atoms with Gasteiger partial charge in [-0.15, -0.1) is 0 Å². The molecule has 0 radical (unpaired) electrons. The lowest BCUT2D eigenvalue weighted by molar-refractivity contribution is -0.119. The summed E-state index contributed by atoms with van der Waals surface area (Å²) in [6.07, 6.45) is 0.540. The molecule has 10 heavy (non-hydrogen) atoms. The van der Waals surface area contributed by atoms with Crippen LogP contribution >= 0.6 is 0 Å². The normalized spacial score (nSPS) is 30.8. The van der Waals surface area contributed by atoms with Gasteiger partial charge in [-0.05, 0) is 0 Å². The first-order chi connectivity index (χ1) is 4.79. The van der Waals surface area contributed by atoms with Crippen molar-refractivity contribution in [3.63, 3.8) is 0 Å². The molecular weight excluding hydrogens is 132 g/mol. The molecule has 0 saturated carbocycles. The molecule has 1 atom stereocenters. The zero-order valence-corrected chi connectivity index (χ0v) is 5.46. The Hall–Kier alpha value is -1.06. The Kier molecular flexibility index (Phi) is 0.977. The molecule has 0 aromatic heterocycles. The van der Waals surface area contributed by atoms with E-state index >= 15 is 0 Å². The fraction of sp³-hybridized carbons (Fsp3) is 0.667. The number of hydrogen-bond acceptors (Lipinski definition) is 2. The van der Waals surface area contributed by atoms with Crippen LogP contribution in [0, 0.1) is 0 Å². The van der Waals surface area contributed by atoms with Crippen LogP contribution in [0.4, 0.5) is 4.79 Å². The van der Waals surface area contributed by atoms with Crippen molar-refractivity contribution in [3.8, 4) is 0 Å². The third-order valence-electron chi connectivity index (χ3n) is 2.05.